The smallest absolute Gasteiger partial charge is 0.280 e. The van der Waals surface area contributed by atoms with Crippen molar-refractivity contribution < 1.29 is 19.0 Å². The summed E-state index contributed by atoms with van der Waals surface area (Å²) in [5.74, 6) is 0.844. The van der Waals surface area contributed by atoms with Crippen LogP contribution in [0.3, 0.4) is 0 Å². The Hall–Kier alpha value is -3.35. The molecule has 3 rings (SSSR count). The van der Waals surface area contributed by atoms with E-state index >= 15 is 0 Å². The first-order chi connectivity index (χ1) is 13.8. The SMILES string of the molecule is COc1ccc(OC)c(NC(=O)c2nc3cc(C)c(C)cc3nc2OC(C)C)c1. The number of fused-ring (bicyclic) bond motifs is 1. The molecule has 1 N–H and O–H groups in total. The number of nitrogens with zero attached hydrogens (tertiary/aromatic N) is 2. The molecule has 0 spiro atoms. The van der Waals surface area contributed by atoms with E-state index in [0.717, 1.165) is 11.1 Å². The lowest BCUT2D eigenvalue weighted by Gasteiger charge is -2.15. The maximum atomic E-state index is 13.1. The van der Waals surface area contributed by atoms with Crippen LogP contribution in [0.1, 0.15) is 35.5 Å². The first-order valence-corrected chi connectivity index (χ1v) is 9.31. The zero-order valence-electron chi connectivity index (χ0n) is 17.5. The predicted octanol–water partition coefficient (Wildman–Crippen LogP) is 4.30. The average molecular weight is 395 g/mol. The summed E-state index contributed by atoms with van der Waals surface area (Å²) in [7, 11) is 3.09. The first kappa shape index (κ1) is 20.4. The molecule has 1 heterocycles. The number of aromatic nitrogens is 2. The number of methoxy groups -OCH3 is 2. The first-order valence-electron chi connectivity index (χ1n) is 9.31. The quantitative estimate of drug-likeness (QED) is 0.670. The molecule has 1 amide bonds. The van der Waals surface area contributed by atoms with Crippen LogP contribution in [0, 0.1) is 13.8 Å². The van der Waals surface area contributed by atoms with Gasteiger partial charge < -0.3 is 19.5 Å². The van der Waals surface area contributed by atoms with Crippen LogP contribution in [0.2, 0.25) is 0 Å². The highest BCUT2D eigenvalue weighted by Gasteiger charge is 2.21. The summed E-state index contributed by atoms with van der Waals surface area (Å²) in [5.41, 5.74) is 4.06. The molecule has 7 heteroatoms. The van der Waals surface area contributed by atoms with Gasteiger partial charge in [-0.25, -0.2) is 9.97 Å². The van der Waals surface area contributed by atoms with Crippen molar-refractivity contribution in [1.82, 2.24) is 9.97 Å². The molecule has 7 nitrogen and oxygen atoms in total. The molecule has 152 valence electrons. The van der Waals surface area contributed by atoms with Gasteiger partial charge in [0.2, 0.25) is 5.88 Å². The highest BCUT2D eigenvalue weighted by Crippen LogP contribution is 2.30. The second kappa shape index (κ2) is 8.34. The summed E-state index contributed by atoms with van der Waals surface area (Å²) in [4.78, 5) is 22.2. The fraction of sp³-hybridized carbons (Fsp3) is 0.318. The third kappa shape index (κ3) is 4.39. The molecule has 0 aliphatic heterocycles. The highest BCUT2D eigenvalue weighted by atomic mass is 16.5. The van der Waals surface area contributed by atoms with Gasteiger partial charge in [0, 0.05) is 6.07 Å². The van der Waals surface area contributed by atoms with Gasteiger partial charge in [-0.2, -0.15) is 0 Å². The maximum Gasteiger partial charge on any atom is 0.280 e. The van der Waals surface area contributed by atoms with Crippen LogP contribution in [0.5, 0.6) is 17.4 Å². The van der Waals surface area contributed by atoms with Crippen molar-refractivity contribution in [2.24, 2.45) is 0 Å². The van der Waals surface area contributed by atoms with E-state index in [-0.39, 0.29) is 17.7 Å². The van der Waals surface area contributed by atoms with Gasteiger partial charge in [0.1, 0.15) is 11.5 Å². The number of rotatable bonds is 6. The molecule has 0 aliphatic carbocycles. The number of anilines is 1. The lowest BCUT2D eigenvalue weighted by Crippen LogP contribution is -2.19. The number of hydrogen-bond donors (Lipinski definition) is 1. The van der Waals surface area contributed by atoms with Gasteiger partial charge in [0.15, 0.2) is 5.69 Å². The van der Waals surface area contributed by atoms with Crippen molar-refractivity contribution >= 4 is 22.6 Å². The Morgan fingerprint density at radius 3 is 2.21 bits per heavy atom. The maximum absolute atomic E-state index is 13.1. The van der Waals surface area contributed by atoms with Crippen molar-refractivity contribution in [3.8, 4) is 17.4 Å². The largest absolute Gasteiger partial charge is 0.497 e. The Balaban J connectivity index is 2.07. The normalized spacial score (nSPS) is 10.9. The summed E-state index contributed by atoms with van der Waals surface area (Å²) in [6, 6.07) is 9.01. The van der Waals surface area contributed by atoms with E-state index in [1.807, 2.05) is 39.8 Å². The number of aryl methyl sites for hydroxylation is 2. The van der Waals surface area contributed by atoms with Crippen molar-refractivity contribution in [2.45, 2.75) is 33.8 Å². The Labute approximate surface area is 170 Å². The van der Waals surface area contributed by atoms with E-state index in [0.29, 0.717) is 28.2 Å². The van der Waals surface area contributed by atoms with Crippen molar-refractivity contribution in [3.63, 3.8) is 0 Å². The Morgan fingerprint density at radius 1 is 0.966 bits per heavy atom. The summed E-state index contributed by atoms with van der Waals surface area (Å²) >= 11 is 0. The summed E-state index contributed by atoms with van der Waals surface area (Å²) in [5, 5.41) is 2.83. The minimum atomic E-state index is -0.445. The fourth-order valence-electron chi connectivity index (χ4n) is 2.84. The second-order valence-electron chi connectivity index (χ2n) is 6.99. The Kier molecular flexibility index (Phi) is 5.87. The minimum Gasteiger partial charge on any atom is -0.497 e. The van der Waals surface area contributed by atoms with E-state index in [9.17, 15) is 4.79 Å². The van der Waals surface area contributed by atoms with Crippen LogP contribution in [-0.4, -0.2) is 36.2 Å². The zero-order chi connectivity index (χ0) is 21.1. The standard InChI is InChI=1S/C22H25N3O4/c1-12(2)29-22-20(23-16-9-13(3)14(4)10-17(16)25-22)21(26)24-18-11-15(27-5)7-8-19(18)28-6/h7-12H,1-6H3,(H,24,26). The highest BCUT2D eigenvalue weighted by molar-refractivity contribution is 6.06. The number of benzene rings is 2. The molecule has 0 unspecified atom stereocenters. The molecule has 0 saturated heterocycles. The Morgan fingerprint density at radius 2 is 1.62 bits per heavy atom. The molecule has 0 saturated carbocycles. The van der Waals surface area contributed by atoms with Crippen LogP contribution in [-0.2, 0) is 0 Å². The van der Waals surface area contributed by atoms with Crippen LogP contribution >= 0.6 is 0 Å². The van der Waals surface area contributed by atoms with Crippen LogP contribution in [0.25, 0.3) is 11.0 Å². The van der Waals surface area contributed by atoms with Gasteiger partial charge in [-0.3, -0.25) is 4.79 Å². The third-order valence-electron chi connectivity index (χ3n) is 4.46. The molecule has 0 radical (unpaired) electrons. The number of amides is 1. The van der Waals surface area contributed by atoms with E-state index in [1.165, 1.54) is 7.11 Å². The molecule has 29 heavy (non-hydrogen) atoms. The molecule has 0 bridgehead atoms. The number of hydrogen-bond acceptors (Lipinski definition) is 6. The van der Waals surface area contributed by atoms with Crippen molar-refractivity contribution in [2.75, 3.05) is 19.5 Å². The number of carbonyl (C=O) groups is 1. The summed E-state index contributed by atoms with van der Waals surface area (Å²) in [6.07, 6.45) is -0.161. The topological polar surface area (TPSA) is 82.6 Å². The summed E-state index contributed by atoms with van der Waals surface area (Å²) in [6.45, 7) is 7.75. The molecular formula is C22H25N3O4. The molecule has 2 aromatic carbocycles. The Bertz CT molecular complexity index is 1060. The molecule has 0 aliphatic rings. The lowest BCUT2D eigenvalue weighted by atomic mass is 10.1. The summed E-state index contributed by atoms with van der Waals surface area (Å²) < 4.78 is 16.4. The van der Waals surface area contributed by atoms with Crippen molar-refractivity contribution in [1.29, 1.82) is 0 Å². The molecule has 1 aromatic heterocycles. The fourth-order valence-corrected chi connectivity index (χ4v) is 2.84. The van der Waals surface area contributed by atoms with Crippen molar-refractivity contribution in [3.05, 3.63) is 47.2 Å². The van der Waals surface area contributed by atoms with Crippen LogP contribution in [0.4, 0.5) is 5.69 Å². The number of carbonyl (C=O) groups excluding carboxylic acids is 1. The monoisotopic (exact) mass is 395 g/mol. The van der Waals surface area contributed by atoms with Gasteiger partial charge in [0.25, 0.3) is 5.91 Å². The van der Waals surface area contributed by atoms with E-state index < -0.39 is 5.91 Å². The van der Waals surface area contributed by atoms with Gasteiger partial charge in [-0.1, -0.05) is 0 Å². The zero-order valence-corrected chi connectivity index (χ0v) is 17.5. The predicted molar refractivity (Wildman–Crippen MR) is 112 cm³/mol. The van der Waals surface area contributed by atoms with E-state index in [2.05, 4.69) is 15.3 Å². The van der Waals surface area contributed by atoms with Crippen LogP contribution < -0.4 is 19.5 Å². The number of ether oxygens (including phenoxy) is 3. The second-order valence-corrected chi connectivity index (χ2v) is 6.99. The van der Waals surface area contributed by atoms with E-state index in [4.69, 9.17) is 14.2 Å². The number of nitrogens with one attached hydrogen (secondary N) is 1. The van der Waals surface area contributed by atoms with Gasteiger partial charge in [-0.15, -0.1) is 0 Å². The average Bonchev–Trinajstić information content (AvgIpc) is 2.68. The molecule has 0 fully saturated rings. The van der Waals surface area contributed by atoms with Gasteiger partial charge in [0.05, 0.1) is 37.0 Å². The lowest BCUT2D eigenvalue weighted by molar-refractivity contribution is 0.101. The van der Waals surface area contributed by atoms with Gasteiger partial charge in [-0.05, 0) is 63.1 Å². The third-order valence-corrected chi connectivity index (χ3v) is 4.46. The van der Waals surface area contributed by atoms with E-state index in [1.54, 1.807) is 25.3 Å². The molecule has 3 aromatic rings. The minimum absolute atomic E-state index is 0.110. The van der Waals surface area contributed by atoms with Gasteiger partial charge >= 0.3 is 0 Å². The van der Waals surface area contributed by atoms with Crippen LogP contribution in [0.15, 0.2) is 30.3 Å². The molecule has 0 atom stereocenters. The molecular weight excluding hydrogens is 370 g/mol.